The van der Waals surface area contributed by atoms with Crippen molar-refractivity contribution in [3.8, 4) is 11.5 Å². The van der Waals surface area contributed by atoms with Crippen LogP contribution in [0.4, 0.5) is 0 Å². The fourth-order valence-corrected chi connectivity index (χ4v) is 6.64. The van der Waals surface area contributed by atoms with Crippen molar-refractivity contribution in [2.45, 2.75) is 49.6 Å². The van der Waals surface area contributed by atoms with Crippen molar-refractivity contribution in [2.75, 3.05) is 20.8 Å². The van der Waals surface area contributed by atoms with Gasteiger partial charge in [-0.05, 0) is 80.3 Å². The molecule has 3 aromatic rings. The highest BCUT2D eigenvalue weighted by molar-refractivity contribution is 7.89. The molecule has 0 aromatic heterocycles. The van der Waals surface area contributed by atoms with Crippen LogP contribution in [0.25, 0.3) is 11.6 Å². The van der Waals surface area contributed by atoms with Gasteiger partial charge in [0.05, 0.1) is 19.1 Å². The molecule has 0 saturated heterocycles. The summed E-state index contributed by atoms with van der Waals surface area (Å²) in [6.45, 7) is 7.25. The van der Waals surface area contributed by atoms with Gasteiger partial charge in [0.1, 0.15) is 11.9 Å². The summed E-state index contributed by atoms with van der Waals surface area (Å²) in [6, 6.07) is 19.9. The minimum Gasteiger partial charge on any atom is -0.493 e. The first-order chi connectivity index (χ1) is 19.4. The van der Waals surface area contributed by atoms with E-state index in [0.717, 1.165) is 16.7 Å². The smallest absolute Gasteiger partial charge is 0.340 e. The molecule has 0 saturated carbocycles. The van der Waals surface area contributed by atoms with Gasteiger partial charge in [-0.1, -0.05) is 48.0 Å². The van der Waals surface area contributed by atoms with Crippen LogP contribution in [0.5, 0.6) is 11.5 Å². The number of aryl methyl sites for hydroxylation is 1. The molecule has 41 heavy (non-hydrogen) atoms. The molecular formula is C32H34N2O6S. The van der Waals surface area contributed by atoms with E-state index >= 15 is 0 Å². The van der Waals surface area contributed by atoms with E-state index in [0.29, 0.717) is 22.6 Å². The van der Waals surface area contributed by atoms with Crippen LogP contribution in [0, 0.1) is 6.92 Å². The molecule has 0 radical (unpaired) electrons. The first-order valence-corrected chi connectivity index (χ1v) is 14.8. The van der Waals surface area contributed by atoms with E-state index in [1.54, 1.807) is 58.2 Å². The Morgan fingerprint density at radius 2 is 1.63 bits per heavy atom. The third-order valence-corrected chi connectivity index (χ3v) is 9.07. The first-order valence-electron chi connectivity index (χ1n) is 13.3. The standard InChI is InChI=1S/C32H34N2O6S/c1-21-12-14-23(15-13-21)41(36,37)34-19-27-25-18-29(39-6)28(38-5)17-24(25)26(16-22-10-8-7-9-11-22)32(27,33-20-34)30(35)40-31(2,3)4/h7-18,20,27H,19H2,1-6H3/b26-16-. The quantitative estimate of drug-likeness (QED) is 0.363. The highest BCUT2D eigenvalue weighted by atomic mass is 32.2. The lowest BCUT2D eigenvalue weighted by molar-refractivity contribution is -0.159. The summed E-state index contributed by atoms with van der Waals surface area (Å²) >= 11 is 0. The summed E-state index contributed by atoms with van der Waals surface area (Å²) in [4.78, 5) is 19.2. The lowest BCUT2D eigenvalue weighted by Crippen LogP contribution is -2.52. The van der Waals surface area contributed by atoms with Crippen molar-refractivity contribution in [3.05, 3.63) is 89.0 Å². The maximum Gasteiger partial charge on any atom is 0.340 e. The summed E-state index contributed by atoms with van der Waals surface area (Å²) in [5.74, 6) is -0.314. The summed E-state index contributed by atoms with van der Waals surface area (Å²) in [5.41, 5.74) is 1.49. The molecule has 0 fully saturated rings. The Hall–Kier alpha value is -4.11. The highest BCUT2D eigenvalue weighted by Crippen LogP contribution is 2.56. The Kier molecular flexibility index (Phi) is 7.19. The number of hydrogen-bond donors (Lipinski definition) is 0. The summed E-state index contributed by atoms with van der Waals surface area (Å²) in [6.07, 6.45) is 3.17. The zero-order chi connectivity index (χ0) is 29.6. The number of sulfonamides is 1. The van der Waals surface area contributed by atoms with Crippen LogP contribution in [0.3, 0.4) is 0 Å². The monoisotopic (exact) mass is 574 g/mol. The SMILES string of the molecule is COc1cc2c(cc1OC)C1CN(S(=O)(=O)c3ccc(C)cc3)C=NC1(C(=O)OC(C)(C)C)/C2=C\c1ccccc1. The largest absolute Gasteiger partial charge is 0.493 e. The van der Waals surface area contributed by atoms with E-state index in [1.165, 1.54) is 17.8 Å². The van der Waals surface area contributed by atoms with Crippen molar-refractivity contribution in [1.82, 2.24) is 4.31 Å². The van der Waals surface area contributed by atoms with E-state index in [4.69, 9.17) is 19.2 Å². The number of benzene rings is 3. The molecule has 0 spiro atoms. The number of aliphatic imine (C=N–C) groups is 1. The van der Waals surface area contributed by atoms with Gasteiger partial charge in [0.15, 0.2) is 17.0 Å². The maximum atomic E-state index is 14.3. The topological polar surface area (TPSA) is 94.5 Å². The van der Waals surface area contributed by atoms with Gasteiger partial charge >= 0.3 is 5.97 Å². The van der Waals surface area contributed by atoms with Gasteiger partial charge < -0.3 is 14.2 Å². The number of nitrogens with zero attached hydrogens (tertiary/aromatic N) is 2. The average molecular weight is 575 g/mol. The van der Waals surface area contributed by atoms with Crippen LogP contribution in [-0.2, 0) is 19.6 Å². The second kappa shape index (κ2) is 10.4. The molecule has 0 N–H and O–H groups in total. The predicted molar refractivity (Wildman–Crippen MR) is 159 cm³/mol. The van der Waals surface area contributed by atoms with Gasteiger partial charge in [-0.25, -0.2) is 13.2 Å². The molecule has 2 unspecified atom stereocenters. The molecule has 9 heteroatoms. The van der Waals surface area contributed by atoms with Gasteiger partial charge in [0.2, 0.25) is 0 Å². The Bertz CT molecular complexity index is 1640. The number of carbonyl (C=O) groups excluding carboxylic acids is 1. The number of carbonyl (C=O) groups is 1. The molecule has 1 aliphatic heterocycles. The molecule has 2 atom stereocenters. The average Bonchev–Trinajstić information content (AvgIpc) is 3.21. The lowest BCUT2D eigenvalue weighted by atomic mass is 9.80. The Balaban J connectivity index is 1.77. The molecule has 5 rings (SSSR count). The summed E-state index contributed by atoms with van der Waals surface area (Å²) in [7, 11) is -0.874. The summed E-state index contributed by atoms with van der Waals surface area (Å²) in [5, 5.41) is 0. The van der Waals surface area contributed by atoms with Crippen molar-refractivity contribution in [3.63, 3.8) is 0 Å². The molecule has 0 amide bonds. The Morgan fingerprint density at radius 3 is 2.24 bits per heavy atom. The fourth-order valence-electron chi connectivity index (χ4n) is 5.38. The third kappa shape index (κ3) is 4.99. The molecule has 1 heterocycles. The van der Waals surface area contributed by atoms with Crippen molar-refractivity contribution < 1.29 is 27.4 Å². The number of hydrogen-bond acceptors (Lipinski definition) is 7. The number of esters is 1. The molecule has 1 aliphatic carbocycles. The van der Waals surface area contributed by atoms with Gasteiger partial charge in [-0.3, -0.25) is 9.30 Å². The molecule has 214 valence electrons. The molecular weight excluding hydrogens is 540 g/mol. The molecule has 8 nitrogen and oxygen atoms in total. The Morgan fingerprint density at radius 1 is 1.00 bits per heavy atom. The maximum absolute atomic E-state index is 14.3. The van der Waals surface area contributed by atoms with Crippen LogP contribution < -0.4 is 9.47 Å². The van der Waals surface area contributed by atoms with Crippen LogP contribution in [0.1, 0.15) is 48.9 Å². The summed E-state index contributed by atoms with van der Waals surface area (Å²) < 4.78 is 45.9. The number of methoxy groups -OCH3 is 2. The van der Waals surface area contributed by atoms with Crippen molar-refractivity contribution in [2.24, 2.45) is 4.99 Å². The predicted octanol–water partition coefficient (Wildman–Crippen LogP) is 5.46. The third-order valence-electron chi connectivity index (χ3n) is 7.34. The number of fused-ring (bicyclic) bond motifs is 3. The van der Waals surface area contributed by atoms with E-state index in [9.17, 15) is 13.2 Å². The fraction of sp³-hybridized carbons (Fsp3) is 0.312. The number of rotatable bonds is 6. The molecule has 2 aliphatic rings. The Labute approximate surface area is 241 Å². The van der Waals surface area contributed by atoms with E-state index in [1.807, 2.05) is 49.4 Å². The zero-order valence-corrected chi connectivity index (χ0v) is 24.9. The van der Waals surface area contributed by atoms with E-state index in [2.05, 4.69) is 0 Å². The minimum atomic E-state index is -3.96. The van der Waals surface area contributed by atoms with Crippen molar-refractivity contribution >= 4 is 34.0 Å². The van der Waals surface area contributed by atoms with Crippen LogP contribution in [-0.4, -0.2) is 56.9 Å². The normalized spacial score (nSPS) is 20.9. The molecule has 0 bridgehead atoms. The van der Waals surface area contributed by atoms with Gasteiger partial charge in [-0.2, -0.15) is 0 Å². The van der Waals surface area contributed by atoms with Gasteiger partial charge in [0.25, 0.3) is 10.0 Å². The van der Waals surface area contributed by atoms with Crippen LogP contribution in [0.15, 0.2) is 76.6 Å². The highest BCUT2D eigenvalue weighted by Gasteiger charge is 2.60. The zero-order valence-electron chi connectivity index (χ0n) is 24.0. The first kappa shape index (κ1) is 28.4. The number of ether oxygens (including phenoxy) is 3. The van der Waals surface area contributed by atoms with Crippen molar-refractivity contribution in [1.29, 1.82) is 0 Å². The van der Waals surface area contributed by atoms with Crippen LogP contribution in [0.2, 0.25) is 0 Å². The van der Waals surface area contributed by atoms with Crippen LogP contribution >= 0.6 is 0 Å². The van der Waals surface area contributed by atoms with Gasteiger partial charge in [0, 0.05) is 12.5 Å². The second-order valence-electron chi connectivity index (χ2n) is 11.2. The van der Waals surface area contributed by atoms with E-state index < -0.39 is 33.1 Å². The lowest BCUT2D eigenvalue weighted by Gasteiger charge is -2.39. The van der Waals surface area contributed by atoms with E-state index in [-0.39, 0.29) is 11.4 Å². The second-order valence-corrected chi connectivity index (χ2v) is 13.1. The minimum absolute atomic E-state index is 0.0342. The van der Waals surface area contributed by atoms with Gasteiger partial charge in [-0.15, -0.1) is 0 Å². The molecule has 3 aromatic carbocycles.